The zero-order valence-electron chi connectivity index (χ0n) is 14.5. The van der Waals surface area contributed by atoms with E-state index in [-0.39, 0.29) is 11.7 Å². The number of ether oxygens (including phenoxy) is 1. The van der Waals surface area contributed by atoms with Gasteiger partial charge in [-0.3, -0.25) is 4.40 Å². The molecule has 3 aromatic heterocycles. The molecule has 3 heterocycles. The van der Waals surface area contributed by atoms with Crippen LogP contribution in [0, 0.1) is 0 Å². The fourth-order valence-corrected chi connectivity index (χ4v) is 2.68. The van der Waals surface area contributed by atoms with Gasteiger partial charge in [-0.05, 0) is 32.0 Å². The molecule has 0 amide bonds. The van der Waals surface area contributed by atoms with Gasteiger partial charge in [0.05, 0.1) is 12.7 Å². The second-order valence-electron chi connectivity index (χ2n) is 5.88. The maximum Gasteiger partial charge on any atom is 0.350 e. The summed E-state index contributed by atoms with van der Waals surface area (Å²) in [7, 11) is 2.95. The fraction of sp³-hybridized carbons (Fsp3) is 0.294. The number of esters is 1. The molecule has 8 nitrogen and oxygen atoms in total. The molecule has 0 aliphatic carbocycles. The Labute approximate surface area is 144 Å². The van der Waals surface area contributed by atoms with E-state index in [1.165, 1.54) is 22.4 Å². The monoisotopic (exact) mass is 341 g/mol. The summed E-state index contributed by atoms with van der Waals surface area (Å²) < 4.78 is 7.47. The molecular weight excluding hydrogens is 322 g/mol. The van der Waals surface area contributed by atoms with Gasteiger partial charge in [-0.2, -0.15) is 5.10 Å². The number of aryl methyl sites for hydroxylation is 1. The van der Waals surface area contributed by atoms with Crippen LogP contribution in [-0.4, -0.2) is 38.3 Å². The topological polar surface area (TPSA) is 81.7 Å². The third kappa shape index (κ3) is 2.98. The predicted octanol–water partition coefficient (Wildman–Crippen LogP) is 1.76. The minimum absolute atomic E-state index is 0.106. The van der Waals surface area contributed by atoms with E-state index in [1.54, 1.807) is 25.4 Å². The average molecular weight is 341 g/mol. The third-order valence-electron chi connectivity index (χ3n) is 3.86. The van der Waals surface area contributed by atoms with Gasteiger partial charge in [0.25, 0.3) is 0 Å². The van der Waals surface area contributed by atoms with E-state index in [0.717, 1.165) is 5.69 Å². The minimum atomic E-state index is -0.426. The van der Waals surface area contributed by atoms with Gasteiger partial charge in [0, 0.05) is 37.2 Å². The van der Waals surface area contributed by atoms with Gasteiger partial charge in [-0.15, -0.1) is 0 Å². The molecule has 0 bridgehead atoms. The van der Waals surface area contributed by atoms with Crippen molar-refractivity contribution in [2.24, 2.45) is 7.05 Å². The van der Waals surface area contributed by atoms with Crippen molar-refractivity contribution in [2.45, 2.75) is 19.9 Å². The Bertz CT molecular complexity index is 972. The highest BCUT2D eigenvalue weighted by molar-refractivity contribution is 5.89. The molecule has 0 spiro atoms. The van der Waals surface area contributed by atoms with Crippen LogP contribution in [0.2, 0.25) is 0 Å². The first-order valence-corrected chi connectivity index (χ1v) is 7.81. The third-order valence-corrected chi connectivity index (χ3v) is 3.86. The van der Waals surface area contributed by atoms with E-state index in [2.05, 4.69) is 10.1 Å². The lowest BCUT2D eigenvalue weighted by molar-refractivity contribution is 0.0600. The van der Waals surface area contributed by atoms with Crippen molar-refractivity contribution in [2.75, 3.05) is 12.0 Å². The number of aromatic nitrogens is 4. The quantitative estimate of drug-likeness (QED) is 0.673. The maximum atomic E-state index is 11.9. The van der Waals surface area contributed by atoms with Crippen LogP contribution in [0.25, 0.3) is 5.65 Å². The number of rotatable bonds is 4. The number of fused-ring (bicyclic) bond motifs is 1. The van der Waals surface area contributed by atoms with E-state index in [0.29, 0.717) is 17.0 Å². The lowest BCUT2D eigenvalue weighted by Gasteiger charge is -2.28. The molecule has 0 atom stereocenters. The standard InChI is InChI=1S/C17H19N5O3/c1-11(2)22(14-6-5-12(10-18-14)16(23)25-4)13-7-8-21-15(9-13)19-20(3)17(21)24/h5-11H,1-4H3. The van der Waals surface area contributed by atoms with Crippen molar-refractivity contribution >= 4 is 23.1 Å². The summed E-state index contributed by atoms with van der Waals surface area (Å²) in [6, 6.07) is 7.21. The van der Waals surface area contributed by atoms with E-state index in [4.69, 9.17) is 4.74 Å². The smallest absolute Gasteiger partial charge is 0.350 e. The molecule has 0 N–H and O–H groups in total. The highest BCUT2D eigenvalue weighted by Crippen LogP contribution is 2.26. The Kier molecular flexibility index (Phi) is 4.26. The van der Waals surface area contributed by atoms with Crippen molar-refractivity contribution in [3.8, 4) is 0 Å². The van der Waals surface area contributed by atoms with Gasteiger partial charge in [0.1, 0.15) is 5.82 Å². The largest absolute Gasteiger partial charge is 0.465 e. The first-order valence-electron chi connectivity index (χ1n) is 7.81. The fourth-order valence-electron chi connectivity index (χ4n) is 2.68. The van der Waals surface area contributed by atoms with E-state index in [1.807, 2.05) is 30.9 Å². The second-order valence-corrected chi connectivity index (χ2v) is 5.88. The number of methoxy groups -OCH3 is 1. The molecule has 8 heteroatoms. The second kappa shape index (κ2) is 6.39. The van der Waals surface area contributed by atoms with Crippen LogP contribution in [0.4, 0.5) is 11.5 Å². The minimum Gasteiger partial charge on any atom is -0.465 e. The zero-order valence-corrected chi connectivity index (χ0v) is 14.5. The highest BCUT2D eigenvalue weighted by atomic mass is 16.5. The van der Waals surface area contributed by atoms with Crippen LogP contribution < -0.4 is 10.6 Å². The summed E-state index contributed by atoms with van der Waals surface area (Å²) in [5.41, 5.74) is 1.60. The van der Waals surface area contributed by atoms with Crippen LogP contribution in [0.3, 0.4) is 0 Å². The number of carbonyl (C=O) groups is 1. The van der Waals surface area contributed by atoms with Gasteiger partial charge in [0.15, 0.2) is 5.65 Å². The summed E-state index contributed by atoms with van der Waals surface area (Å²) in [6.45, 7) is 4.06. The van der Waals surface area contributed by atoms with Crippen LogP contribution in [0.5, 0.6) is 0 Å². The summed E-state index contributed by atoms with van der Waals surface area (Å²) in [6.07, 6.45) is 3.18. The predicted molar refractivity (Wildman–Crippen MR) is 93.3 cm³/mol. The van der Waals surface area contributed by atoms with Crippen LogP contribution in [-0.2, 0) is 11.8 Å². The molecule has 0 aromatic carbocycles. The summed E-state index contributed by atoms with van der Waals surface area (Å²) >= 11 is 0. The van der Waals surface area contributed by atoms with Crippen LogP contribution in [0.1, 0.15) is 24.2 Å². The molecule has 0 aliphatic heterocycles. The maximum absolute atomic E-state index is 11.9. The molecule has 0 radical (unpaired) electrons. The van der Waals surface area contributed by atoms with Gasteiger partial charge >= 0.3 is 11.7 Å². The lowest BCUT2D eigenvalue weighted by atomic mass is 10.2. The molecule has 0 saturated heterocycles. The normalized spacial score (nSPS) is 11.1. The van der Waals surface area contributed by atoms with Gasteiger partial charge in [-0.1, -0.05) is 0 Å². The average Bonchev–Trinajstić information content (AvgIpc) is 2.88. The number of anilines is 2. The first kappa shape index (κ1) is 16.7. The lowest BCUT2D eigenvalue weighted by Crippen LogP contribution is -2.26. The Morgan fingerprint density at radius 1 is 1.28 bits per heavy atom. The molecular formula is C17H19N5O3. The Hall–Kier alpha value is -3.16. The van der Waals surface area contributed by atoms with Gasteiger partial charge in [-0.25, -0.2) is 19.3 Å². The molecule has 0 fully saturated rings. The van der Waals surface area contributed by atoms with Gasteiger partial charge in [0.2, 0.25) is 0 Å². The summed E-state index contributed by atoms with van der Waals surface area (Å²) in [5.74, 6) is 0.259. The number of nitrogens with zero attached hydrogens (tertiary/aromatic N) is 5. The first-order chi connectivity index (χ1) is 11.9. The number of hydrogen-bond donors (Lipinski definition) is 0. The van der Waals surface area contributed by atoms with Crippen molar-refractivity contribution in [3.05, 3.63) is 52.7 Å². The molecule has 3 aromatic rings. The van der Waals surface area contributed by atoms with Crippen molar-refractivity contribution in [1.29, 1.82) is 0 Å². The SMILES string of the molecule is COC(=O)c1ccc(N(c2ccn3c(=O)n(C)nc3c2)C(C)C)nc1. The molecule has 3 rings (SSSR count). The zero-order chi connectivity index (χ0) is 18.1. The molecule has 0 unspecified atom stereocenters. The van der Waals surface area contributed by atoms with Crippen molar-refractivity contribution < 1.29 is 9.53 Å². The van der Waals surface area contributed by atoms with Crippen molar-refractivity contribution in [3.63, 3.8) is 0 Å². The number of hydrogen-bond acceptors (Lipinski definition) is 6. The number of pyridine rings is 2. The van der Waals surface area contributed by atoms with E-state index < -0.39 is 5.97 Å². The molecule has 25 heavy (non-hydrogen) atoms. The summed E-state index contributed by atoms with van der Waals surface area (Å²) in [5, 5.41) is 4.22. The highest BCUT2D eigenvalue weighted by Gasteiger charge is 2.17. The molecule has 0 saturated carbocycles. The van der Waals surface area contributed by atoms with Crippen molar-refractivity contribution in [1.82, 2.24) is 19.2 Å². The Balaban J connectivity index is 2.04. The number of carbonyl (C=O) groups excluding carboxylic acids is 1. The van der Waals surface area contributed by atoms with E-state index >= 15 is 0 Å². The van der Waals surface area contributed by atoms with Crippen LogP contribution in [0.15, 0.2) is 41.5 Å². The van der Waals surface area contributed by atoms with Gasteiger partial charge < -0.3 is 9.64 Å². The molecule has 130 valence electrons. The Morgan fingerprint density at radius 3 is 2.64 bits per heavy atom. The molecule has 0 aliphatic rings. The van der Waals surface area contributed by atoms with Crippen LogP contribution >= 0.6 is 0 Å². The van der Waals surface area contributed by atoms with E-state index in [9.17, 15) is 9.59 Å². The Morgan fingerprint density at radius 2 is 2.04 bits per heavy atom. The summed E-state index contributed by atoms with van der Waals surface area (Å²) in [4.78, 5) is 29.9.